The van der Waals surface area contributed by atoms with Gasteiger partial charge in [0.25, 0.3) is 0 Å². The molecule has 3 aromatic carbocycles. The predicted octanol–water partition coefficient (Wildman–Crippen LogP) is 3.51. The summed E-state index contributed by atoms with van der Waals surface area (Å²) in [6, 6.07) is 30.2. The van der Waals surface area contributed by atoms with E-state index in [1.165, 1.54) is 5.56 Å². The van der Waals surface area contributed by atoms with Crippen LogP contribution in [-0.4, -0.2) is 68.6 Å². The number of rotatable bonds is 11. The summed E-state index contributed by atoms with van der Waals surface area (Å²) in [6.07, 6.45) is 1.24. The van der Waals surface area contributed by atoms with Gasteiger partial charge in [-0.25, -0.2) is 8.42 Å². The van der Waals surface area contributed by atoms with Crippen molar-refractivity contribution in [3.05, 3.63) is 108 Å². The van der Waals surface area contributed by atoms with Crippen LogP contribution >= 0.6 is 0 Å². The highest BCUT2D eigenvalue weighted by molar-refractivity contribution is 7.89. The van der Waals surface area contributed by atoms with E-state index in [0.717, 1.165) is 37.2 Å². The van der Waals surface area contributed by atoms with Crippen molar-refractivity contribution < 1.29 is 13.2 Å². The molecule has 1 aliphatic rings. The number of hydrogen-bond acceptors (Lipinski definition) is 4. The Kier molecular flexibility index (Phi) is 9.28. The maximum atomic E-state index is 12.9. The minimum absolute atomic E-state index is 0.0760. The maximum Gasteiger partial charge on any atom is 0.220 e. The van der Waals surface area contributed by atoms with E-state index in [0.29, 0.717) is 13.1 Å². The second-order valence-corrected chi connectivity index (χ2v) is 11.3. The van der Waals surface area contributed by atoms with Gasteiger partial charge in [-0.15, -0.1) is 0 Å². The Balaban J connectivity index is 1.23. The molecule has 0 saturated carbocycles. The van der Waals surface area contributed by atoms with Crippen LogP contribution in [0.5, 0.6) is 0 Å². The molecule has 0 bridgehead atoms. The Morgan fingerprint density at radius 1 is 0.778 bits per heavy atom. The molecule has 190 valence electrons. The molecule has 3 aromatic rings. The summed E-state index contributed by atoms with van der Waals surface area (Å²) in [5, 5.41) is 2.84. The molecule has 0 unspecified atom stereocenters. The van der Waals surface area contributed by atoms with Crippen LogP contribution in [0.3, 0.4) is 0 Å². The molecule has 6 nitrogen and oxygen atoms in total. The number of amides is 1. The summed E-state index contributed by atoms with van der Waals surface area (Å²) in [7, 11) is -3.41. The lowest BCUT2D eigenvalue weighted by atomic mass is 9.88. The Labute approximate surface area is 215 Å². The first-order chi connectivity index (χ1) is 17.5. The molecule has 0 aromatic heterocycles. The second kappa shape index (κ2) is 12.8. The number of hydrogen-bond donors (Lipinski definition) is 1. The van der Waals surface area contributed by atoms with E-state index in [-0.39, 0.29) is 30.5 Å². The van der Waals surface area contributed by atoms with Gasteiger partial charge < -0.3 is 10.2 Å². The summed E-state index contributed by atoms with van der Waals surface area (Å²) >= 11 is 0. The molecule has 4 rings (SSSR count). The van der Waals surface area contributed by atoms with Gasteiger partial charge in [0.15, 0.2) is 0 Å². The van der Waals surface area contributed by atoms with Gasteiger partial charge >= 0.3 is 0 Å². The van der Waals surface area contributed by atoms with Crippen LogP contribution in [0.25, 0.3) is 0 Å². The molecular weight excluding hydrogens is 470 g/mol. The van der Waals surface area contributed by atoms with E-state index in [1.807, 2.05) is 78.9 Å². The van der Waals surface area contributed by atoms with Crippen LogP contribution in [0, 0.1) is 0 Å². The molecule has 36 heavy (non-hydrogen) atoms. The highest BCUT2D eigenvalue weighted by Gasteiger charge is 2.27. The van der Waals surface area contributed by atoms with E-state index >= 15 is 0 Å². The van der Waals surface area contributed by atoms with Crippen molar-refractivity contribution in [1.82, 2.24) is 14.5 Å². The second-order valence-electron chi connectivity index (χ2n) is 9.22. The van der Waals surface area contributed by atoms with Crippen molar-refractivity contribution in [3.8, 4) is 0 Å². The molecule has 0 atom stereocenters. The number of carbonyl (C=O) groups is 1. The van der Waals surface area contributed by atoms with Crippen LogP contribution in [-0.2, 0) is 21.2 Å². The Morgan fingerprint density at radius 2 is 1.31 bits per heavy atom. The zero-order chi connectivity index (χ0) is 25.2. The molecular formula is C29H35N3O3S. The number of sulfonamides is 1. The SMILES string of the molecule is O=C(CC(c1ccccc1)c1ccccc1)NCCS(=O)(=O)N1CCN(CCc2ccccc2)CC1. The Hall–Kier alpha value is -3.00. The summed E-state index contributed by atoms with van der Waals surface area (Å²) in [6.45, 7) is 3.50. The van der Waals surface area contributed by atoms with Crippen LogP contribution in [0.15, 0.2) is 91.0 Å². The van der Waals surface area contributed by atoms with E-state index in [2.05, 4.69) is 22.3 Å². The molecule has 1 saturated heterocycles. The van der Waals surface area contributed by atoms with Gasteiger partial charge in [0.1, 0.15) is 0 Å². The summed E-state index contributed by atoms with van der Waals surface area (Å²) < 4.78 is 27.3. The van der Waals surface area contributed by atoms with E-state index < -0.39 is 10.0 Å². The minimum Gasteiger partial charge on any atom is -0.355 e. The van der Waals surface area contributed by atoms with Crippen LogP contribution < -0.4 is 5.32 Å². The number of piperazine rings is 1. The van der Waals surface area contributed by atoms with Gasteiger partial charge in [0, 0.05) is 51.6 Å². The van der Waals surface area contributed by atoms with Gasteiger partial charge in [-0.3, -0.25) is 4.79 Å². The van der Waals surface area contributed by atoms with Crippen LogP contribution in [0.2, 0.25) is 0 Å². The average Bonchev–Trinajstić information content (AvgIpc) is 2.92. The first-order valence-electron chi connectivity index (χ1n) is 12.6. The molecule has 1 heterocycles. The lowest BCUT2D eigenvalue weighted by Crippen LogP contribution is -2.50. The highest BCUT2D eigenvalue weighted by Crippen LogP contribution is 2.27. The lowest BCUT2D eigenvalue weighted by Gasteiger charge is -2.34. The van der Waals surface area contributed by atoms with Crippen molar-refractivity contribution in [1.29, 1.82) is 0 Å². The van der Waals surface area contributed by atoms with E-state index in [4.69, 9.17) is 0 Å². The largest absolute Gasteiger partial charge is 0.355 e. The van der Waals surface area contributed by atoms with Crippen molar-refractivity contribution >= 4 is 15.9 Å². The molecule has 7 heteroatoms. The fourth-order valence-corrected chi connectivity index (χ4v) is 6.01. The molecule has 1 fully saturated rings. The van der Waals surface area contributed by atoms with Crippen LogP contribution in [0.4, 0.5) is 0 Å². The van der Waals surface area contributed by atoms with Gasteiger partial charge in [0.2, 0.25) is 15.9 Å². The van der Waals surface area contributed by atoms with Gasteiger partial charge in [-0.1, -0.05) is 91.0 Å². The fourth-order valence-electron chi connectivity index (χ4n) is 4.67. The third kappa shape index (κ3) is 7.50. The maximum absolute atomic E-state index is 12.9. The smallest absolute Gasteiger partial charge is 0.220 e. The molecule has 0 radical (unpaired) electrons. The Morgan fingerprint density at radius 3 is 1.86 bits per heavy atom. The average molecular weight is 506 g/mol. The van der Waals surface area contributed by atoms with Gasteiger partial charge in [-0.2, -0.15) is 4.31 Å². The van der Waals surface area contributed by atoms with Gasteiger partial charge in [0.05, 0.1) is 5.75 Å². The van der Waals surface area contributed by atoms with Crippen molar-refractivity contribution in [2.75, 3.05) is 45.0 Å². The monoisotopic (exact) mass is 505 g/mol. The normalized spacial score (nSPS) is 15.1. The topological polar surface area (TPSA) is 69.7 Å². The van der Waals surface area contributed by atoms with Crippen molar-refractivity contribution in [2.45, 2.75) is 18.8 Å². The van der Waals surface area contributed by atoms with Crippen molar-refractivity contribution in [2.24, 2.45) is 0 Å². The molecule has 1 amide bonds. The van der Waals surface area contributed by atoms with Crippen molar-refractivity contribution in [3.63, 3.8) is 0 Å². The lowest BCUT2D eigenvalue weighted by molar-refractivity contribution is -0.121. The minimum atomic E-state index is -3.41. The molecule has 0 aliphatic carbocycles. The number of nitrogens with zero attached hydrogens (tertiary/aromatic N) is 2. The highest BCUT2D eigenvalue weighted by atomic mass is 32.2. The molecule has 0 spiro atoms. The van der Waals surface area contributed by atoms with E-state index in [9.17, 15) is 13.2 Å². The number of benzene rings is 3. The summed E-state index contributed by atoms with van der Waals surface area (Å²) in [5.74, 6) is -0.300. The number of nitrogens with one attached hydrogen (secondary N) is 1. The zero-order valence-corrected chi connectivity index (χ0v) is 21.4. The van der Waals surface area contributed by atoms with Gasteiger partial charge in [-0.05, 0) is 23.1 Å². The first-order valence-corrected chi connectivity index (χ1v) is 14.2. The zero-order valence-electron chi connectivity index (χ0n) is 20.6. The fraction of sp³-hybridized carbons (Fsp3) is 0.345. The third-order valence-electron chi connectivity index (χ3n) is 6.76. The van der Waals surface area contributed by atoms with Crippen LogP contribution in [0.1, 0.15) is 29.0 Å². The Bertz CT molecular complexity index is 1140. The number of carbonyl (C=O) groups excluding carboxylic acids is 1. The molecule has 1 aliphatic heterocycles. The van der Waals surface area contributed by atoms with E-state index in [1.54, 1.807) is 4.31 Å². The summed E-state index contributed by atoms with van der Waals surface area (Å²) in [5.41, 5.74) is 3.43. The summed E-state index contributed by atoms with van der Waals surface area (Å²) in [4.78, 5) is 15.1. The standard InChI is InChI=1S/C29H35N3O3S/c33-29(24-28(26-12-6-2-7-13-26)27-14-8-3-9-15-27)30-17-23-36(34,35)32-21-19-31(20-22-32)18-16-25-10-4-1-5-11-25/h1-15,28H,16-24H2,(H,30,33). The quantitative estimate of drug-likeness (QED) is 0.433. The molecule has 1 N–H and O–H groups in total. The third-order valence-corrected chi connectivity index (χ3v) is 8.63. The first kappa shape index (κ1) is 26.1. The predicted molar refractivity (Wildman–Crippen MR) is 144 cm³/mol.